The molecule has 0 saturated carbocycles. The van der Waals surface area contributed by atoms with E-state index in [4.69, 9.17) is 0 Å². The number of fused-ring (bicyclic) bond motifs is 1. The molecule has 0 radical (unpaired) electrons. The van der Waals surface area contributed by atoms with Crippen LogP contribution in [-0.4, -0.2) is 15.1 Å². The number of hydrogen-bond acceptors (Lipinski definition) is 1. The van der Waals surface area contributed by atoms with Gasteiger partial charge in [0.25, 0.3) is 0 Å². The van der Waals surface area contributed by atoms with Gasteiger partial charge in [0.2, 0.25) is 0 Å². The molecule has 0 aliphatic carbocycles. The summed E-state index contributed by atoms with van der Waals surface area (Å²) in [6.07, 6.45) is 2.28. The fourth-order valence-corrected chi connectivity index (χ4v) is 3.47. The zero-order valence-corrected chi connectivity index (χ0v) is 10.1. The minimum atomic E-state index is -0.915. The van der Waals surface area contributed by atoms with E-state index in [9.17, 15) is 4.21 Å². The van der Waals surface area contributed by atoms with E-state index >= 15 is 0 Å². The monoisotopic (exact) mass is 223 g/mol. The Kier molecular flexibility index (Phi) is 3.22. The van der Waals surface area contributed by atoms with Gasteiger partial charge < -0.3 is 0 Å². The minimum absolute atomic E-state index is 0.851. The van der Waals surface area contributed by atoms with Gasteiger partial charge in [-0.2, -0.15) is 0 Å². The van der Waals surface area contributed by atoms with E-state index in [1.807, 2.05) is 13.0 Å². The lowest BCUT2D eigenvalue weighted by Crippen LogP contribution is -2.20. The summed E-state index contributed by atoms with van der Waals surface area (Å²) in [5.41, 5.74) is 2.40. The molecule has 0 spiro atoms. The maximum absolute atomic E-state index is 12.2. The topological polar surface area (TPSA) is 20.3 Å². The summed E-state index contributed by atoms with van der Waals surface area (Å²) in [4.78, 5) is 1.05. The van der Waals surface area contributed by atoms with Crippen LogP contribution in [0.3, 0.4) is 0 Å². The highest BCUT2D eigenvalue weighted by atomic mass is 32.2. The van der Waals surface area contributed by atoms with E-state index in [-0.39, 0.29) is 0 Å². The lowest BCUT2D eigenvalue weighted by molar-refractivity contribution is 0.443. The van der Waals surface area contributed by atoms with Crippen molar-refractivity contribution in [1.29, 1.82) is 0 Å². The van der Waals surface area contributed by atoms with Gasteiger partial charge in [0.15, 0.2) is 0 Å². The average molecular weight is 223 g/mol. The molecule has 1 aromatic carbocycles. The Morgan fingerprint density at radius 1 is 1.47 bits per heavy atom. The summed E-state index contributed by atoms with van der Waals surface area (Å²) in [5, 5.41) is 0. The summed E-state index contributed by atoms with van der Waals surface area (Å²) in [5.74, 6) is 0. The van der Waals surface area contributed by atoms with Crippen LogP contribution < -0.4 is 0 Å². The third-order valence-corrected chi connectivity index (χ3v) is 4.52. The first kappa shape index (κ1) is 10.8. The molecule has 0 amide bonds. The van der Waals surface area contributed by atoms with Crippen molar-refractivity contribution in [2.45, 2.75) is 38.1 Å². The molecular formula is C12H17NOS. The molecule has 0 saturated heterocycles. The average Bonchev–Trinajstić information content (AvgIpc) is 2.54. The Morgan fingerprint density at radius 3 is 2.93 bits per heavy atom. The van der Waals surface area contributed by atoms with Crippen LogP contribution in [0.1, 0.15) is 30.9 Å². The molecule has 1 unspecified atom stereocenters. The van der Waals surface area contributed by atoms with Crippen LogP contribution >= 0.6 is 0 Å². The molecular weight excluding hydrogens is 206 g/mol. The van der Waals surface area contributed by atoms with Gasteiger partial charge in [-0.3, -0.25) is 0 Å². The normalized spacial score (nSPS) is 20.5. The van der Waals surface area contributed by atoms with Gasteiger partial charge in [-0.05, 0) is 24.5 Å². The van der Waals surface area contributed by atoms with Gasteiger partial charge in [0, 0.05) is 13.1 Å². The molecule has 0 aromatic heterocycles. The fourth-order valence-electron chi connectivity index (χ4n) is 1.96. The van der Waals surface area contributed by atoms with Crippen molar-refractivity contribution in [1.82, 2.24) is 4.31 Å². The highest BCUT2D eigenvalue weighted by molar-refractivity contribution is 7.83. The number of hydrogen-bond donors (Lipinski definition) is 0. The van der Waals surface area contributed by atoms with Crippen LogP contribution in [0.5, 0.6) is 0 Å². The fraction of sp³-hybridized carbons (Fsp3) is 0.500. The van der Waals surface area contributed by atoms with E-state index in [0.717, 1.165) is 36.4 Å². The van der Waals surface area contributed by atoms with Gasteiger partial charge >= 0.3 is 0 Å². The highest BCUT2D eigenvalue weighted by Crippen LogP contribution is 2.29. The Morgan fingerprint density at radius 2 is 2.27 bits per heavy atom. The van der Waals surface area contributed by atoms with Crippen molar-refractivity contribution in [3.8, 4) is 0 Å². The largest absolute Gasteiger partial charge is 0.237 e. The molecule has 15 heavy (non-hydrogen) atoms. The zero-order chi connectivity index (χ0) is 10.8. The van der Waals surface area contributed by atoms with Gasteiger partial charge in [0.05, 0.1) is 4.90 Å². The third-order valence-electron chi connectivity index (χ3n) is 2.81. The maximum Gasteiger partial charge on any atom is 0.128 e. The van der Waals surface area contributed by atoms with Gasteiger partial charge in [0.1, 0.15) is 11.0 Å². The molecule has 1 heterocycles. The van der Waals surface area contributed by atoms with Crippen LogP contribution in [0, 0.1) is 6.92 Å². The molecule has 1 aromatic rings. The number of nitrogens with zero attached hydrogens (tertiary/aromatic N) is 1. The van der Waals surface area contributed by atoms with Crippen LogP contribution in [0.4, 0.5) is 0 Å². The standard InChI is InChI=1S/C12H17NOS/c1-3-4-8-13-9-11-7-5-6-10(2)12(11)15(13)14/h5-7H,3-4,8-9H2,1-2H3. The van der Waals surface area contributed by atoms with E-state index in [1.54, 1.807) is 0 Å². The first-order valence-electron chi connectivity index (χ1n) is 5.49. The van der Waals surface area contributed by atoms with Gasteiger partial charge in [-0.15, -0.1) is 0 Å². The predicted octanol–water partition coefficient (Wildman–Crippen LogP) is 2.63. The second-order valence-corrected chi connectivity index (χ2v) is 5.45. The van der Waals surface area contributed by atoms with Crippen molar-refractivity contribution in [2.24, 2.45) is 0 Å². The van der Waals surface area contributed by atoms with E-state index in [1.165, 1.54) is 5.56 Å². The highest BCUT2D eigenvalue weighted by Gasteiger charge is 2.27. The van der Waals surface area contributed by atoms with Gasteiger partial charge in [-0.1, -0.05) is 31.5 Å². The smallest absolute Gasteiger partial charge is 0.128 e. The Hall–Kier alpha value is -0.670. The lowest BCUT2D eigenvalue weighted by atomic mass is 10.1. The van der Waals surface area contributed by atoms with Crippen molar-refractivity contribution < 1.29 is 4.21 Å². The Bertz CT molecular complexity index is 389. The molecule has 2 nitrogen and oxygen atoms in total. The molecule has 82 valence electrons. The van der Waals surface area contributed by atoms with E-state index in [2.05, 4.69) is 23.4 Å². The molecule has 0 fully saturated rings. The summed E-state index contributed by atoms with van der Waals surface area (Å²) >= 11 is 0. The maximum atomic E-state index is 12.2. The molecule has 1 aliphatic heterocycles. The Balaban J connectivity index is 2.22. The van der Waals surface area contributed by atoms with Crippen LogP contribution in [0.25, 0.3) is 0 Å². The summed E-state index contributed by atoms with van der Waals surface area (Å²) in [6, 6.07) is 6.18. The third kappa shape index (κ3) is 1.99. The number of benzene rings is 1. The Labute approximate surface area is 93.9 Å². The first-order valence-corrected chi connectivity index (χ1v) is 6.60. The number of unbranched alkanes of at least 4 members (excludes halogenated alkanes) is 1. The zero-order valence-electron chi connectivity index (χ0n) is 9.32. The lowest BCUT2D eigenvalue weighted by Gasteiger charge is -2.12. The van der Waals surface area contributed by atoms with Crippen molar-refractivity contribution in [3.05, 3.63) is 29.3 Å². The number of rotatable bonds is 3. The molecule has 2 rings (SSSR count). The van der Waals surface area contributed by atoms with Crippen molar-refractivity contribution in [2.75, 3.05) is 6.54 Å². The quantitative estimate of drug-likeness (QED) is 0.771. The second kappa shape index (κ2) is 4.45. The van der Waals surface area contributed by atoms with Crippen LogP contribution in [0.2, 0.25) is 0 Å². The van der Waals surface area contributed by atoms with Crippen molar-refractivity contribution in [3.63, 3.8) is 0 Å². The predicted molar refractivity (Wildman–Crippen MR) is 62.9 cm³/mol. The minimum Gasteiger partial charge on any atom is -0.237 e. The van der Waals surface area contributed by atoms with Crippen LogP contribution in [0.15, 0.2) is 23.1 Å². The molecule has 1 aliphatic rings. The summed E-state index contributed by atoms with van der Waals surface area (Å²) in [6.45, 7) is 6.00. The first-order chi connectivity index (χ1) is 7.24. The van der Waals surface area contributed by atoms with E-state index < -0.39 is 11.0 Å². The van der Waals surface area contributed by atoms with Gasteiger partial charge in [-0.25, -0.2) is 8.51 Å². The molecule has 1 atom stereocenters. The van der Waals surface area contributed by atoms with Crippen molar-refractivity contribution >= 4 is 11.0 Å². The summed E-state index contributed by atoms with van der Waals surface area (Å²) < 4.78 is 14.2. The second-order valence-electron chi connectivity index (χ2n) is 4.03. The SMILES string of the molecule is CCCCN1Cc2cccc(C)c2S1=O. The molecule has 0 bridgehead atoms. The molecule has 0 N–H and O–H groups in total. The number of aryl methyl sites for hydroxylation is 1. The molecule has 3 heteroatoms. The van der Waals surface area contributed by atoms with E-state index in [0.29, 0.717) is 0 Å². The van der Waals surface area contributed by atoms with Crippen LogP contribution in [-0.2, 0) is 17.5 Å². The summed E-state index contributed by atoms with van der Waals surface area (Å²) in [7, 11) is -0.915.